The van der Waals surface area contributed by atoms with Gasteiger partial charge in [-0.05, 0) is 26.8 Å². The Balaban J connectivity index is 2.98. The molecule has 0 fully saturated rings. The summed E-state index contributed by atoms with van der Waals surface area (Å²) in [4.78, 5) is 15.2. The first-order chi connectivity index (χ1) is 6.15. The highest BCUT2D eigenvalue weighted by Gasteiger charge is 2.05. The SMILES string of the molecule is CCOc1ccc(C(C)=O)c(C)n1. The highest BCUT2D eigenvalue weighted by molar-refractivity contribution is 5.95. The van der Waals surface area contributed by atoms with E-state index in [0.29, 0.717) is 18.1 Å². The smallest absolute Gasteiger partial charge is 0.213 e. The minimum atomic E-state index is 0.0352. The number of rotatable bonds is 3. The average molecular weight is 179 g/mol. The van der Waals surface area contributed by atoms with Crippen molar-refractivity contribution in [2.75, 3.05) is 6.61 Å². The summed E-state index contributed by atoms with van der Waals surface area (Å²) < 4.78 is 5.20. The lowest BCUT2D eigenvalue weighted by atomic mass is 10.1. The van der Waals surface area contributed by atoms with Crippen molar-refractivity contribution in [1.82, 2.24) is 4.98 Å². The number of pyridine rings is 1. The van der Waals surface area contributed by atoms with Gasteiger partial charge in [-0.2, -0.15) is 0 Å². The topological polar surface area (TPSA) is 39.2 Å². The molecule has 1 heterocycles. The molecule has 1 rings (SSSR count). The molecule has 0 amide bonds. The van der Waals surface area contributed by atoms with Gasteiger partial charge in [-0.15, -0.1) is 0 Å². The molecule has 0 aliphatic carbocycles. The fraction of sp³-hybridized carbons (Fsp3) is 0.400. The van der Waals surface area contributed by atoms with Crippen molar-refractivity contribution in [3.8, 4) is 5.88 Å². The molecule has 3 heteroatoms. The van der Waals surface area contributed by atoms with Crippen LogP contribution < -0.4 is 4.74 Å². The second-order valence-electron chi connectivity index (χ2n) is 2.77. The predicted molar refractivity (Wildman–Crippen MR) is 50.1 cm³/mol. The first-order valence-corrected chi connectivity index (χ1v) is 4.26. The summed E-state index contributed by atoms with van der Waals surface area (Å²) >= 11 is 0. The van der Waals surface area contributed by atoms with Crippen molar-refractivity contribution in [3.05, 3.63) is 23.4 Å². The van der Waals surface area contributed by atoms with Crippen LogP contribution in [0.5, 0.6) is 5.88 Å². The molecule has 0 aromatic carbocycles. The zero-order chi connectivity index (χ0) is 9.84. The Hall–Kier alpha value is -1.38. The average Bonchev–Trinajstić information content (AvgIpc) is 2.04. The molecule has 0 atom stereocenters. The summed E-state index contributed by atoms with van der Waals surface area (Å²) in [5.74, 6) is 0.609. The van der Waals surface area contributed by atoms with E-state index in [-0.39, 0.29) is 5.78 Å². The third-order valence-corrected chi connectivity index (χ3v) is 1.73. The number of nitrogens with zero attached hydrogens (tertiary/aromatic N) is 1. The van der Waals surface area contributed by atoms with Crippen LogP contribution in [0, 0.1) is 6.92 Å². The Morgan fingerprint density at radius 3 is 2.69 bits per heavy atom. The minimum absolute atomic E-state index is 0.0352. The number of carbonyl (C=O) groups is 1. The lowest BCUT2D eigenvalue weighted by molar-refractivity contribution is 0.101. The molecule has 0 unspecified atom stereocenters. The van der Waals surface area contributed by atoms with Crippen LogP contribution in [0.3, 0.4) is 0 Å². The van der Waals surface area contributed by atoms with E-state index in [2.05, 4.69) is 4.98 Å². The van der Waals surface area contributed by atoms with Crippen LogP contribution in [0.15, 0.2) is 12.1 Å². The van der Waals surface area contributed by atoms with Crippen LogP contribution in [0.2, 0.25) is 0 Å². The lowest BCUT2D eigenvalue weighted by Gasteiger charge is -2.04. The Morgan fingerprint density at radius 1 is 1.54 bits per heavy atom. The second-order valence-corrected chi connectivity index (χ2v) is 2.77. The van der Waals surface area contributed by atoms with Crippen LogP contribution in [0.4, 0.5) is 0 Å². The largest absolute Gasteiger partial charge is 0.478 e. The summed E-state index contributed by atoms with van der Waals surface area (Å²) in [6.45, 7) is 5.82. The molecular weight excluding hydrogens is 166 g/mol. The maximum absolute atomic E-state index is 11.1. The fourth-order valence-electron chi connectivity index (χ4n) is 1.14. The first kappa shape index (κ1) is 9.71. The van der Waals surface area contributed by atoms with Crippen LogP contribution >= 0.6 is 0 Å². The standard InChI is InChI=1S/C10H13NO2/c1-4-13-10-6-5-9(8(3)12)7(2)11-10/h5-6H,4H2,1-3H3. The van der Waals surface area contributed by atoms with Crippen molar-refractivity contribution in [2.24, 2.45) is 0 Å². The van der Waals surface area contributed by atoms with Crippen molar-refractivity contribution >= 4 is 5.78 Å². The zero-order valence-corrected chi connectivity index (χ0v) is 8.13. The summed E-state index contributed by atoms with van der Waals surface area (Å²) in [5.41, 5.74) is 1.38. The van der Waals surface area contributed by atoms with E-state index in [4.69, 9.17) is 4.74 Å². The maximum atomic E-state index is 11.1. The quantitative estimate of drug-likeness (QED) is 0.666. The molecule has 1 aromatic heterocycles. The van der Waals surface area contributed by atoms with E-state index >= 15 is 0 Å². The van der Waals surface area contributed by atoms with Crippen LogP contribution in [0.25, 0.3) is 0 Å². The Labute approximate surface area is 77.8 Å². The Bertz CT molecular complexity index is 321. The number of ketones is 1. The van der Waals surface area contributed by atoms with E-state index in [0.717, 1.165) is 5.69 Å². The number of hydrogen-bond donors (Lipinski definition) is 0. The van der Waals surface area contributed by atoms with Gasteiger partial charge in [0.2, 0.25) is 5.88 Å². The van der Waals surface area contributed by atoms with E-state index < -0.39 is 0 Å². The van der Waals surface area contributed by atoms with Crippen molar-refractivity contribution in [2.45, 2.75) is 20.8 Å². The number of carbonyl (C=O) groups excluding carboxylic acids is 1. The minimum Gasteiger partial charge on any atom is -0.478 e. The molecule has 0 bridgehead atoms. The van der Waals surface area contributed by atoms with Crippen molar-refractivity contribution in [1.29, 1.82) is 0 Å². The third-order valence-electron chi connectivity index (χ3n) is 1.73. The molecule has 0 saturated heterocycles. The van der Waals surface area contributed by atoms with E-state index in [1.165, 1.54) is 6.92 Å². The molecule has 70 valence electrons. The van der Waals surface area contributed by atoms with Gasteiger partial charge in [0.15, 0.2) is 5.78 Å². The highest BCUT2D eigenvalue weighted by Crippen LogP contribution is 2.12. The van der Waals surface area contributed by atoms with E-state index in [1.54, 1.807) is 19.1 Å². The Morgan fingerprint density at radius 2 is 2.23 bits per heavy atom. The molecule has 3 nitrogen and oxygen atoms in total. The molecule has 0 aliphatic heterocycles. The van der Waals surface area contributed by atoms with Gasteiger partial charge in [0.05, 0.1) is 12.3 Å². The molecule has 0 aliphatic rings. The van der Waals surface area contributed by atoms with Crippen LogP contribution in [0.1, 0.15) is 29.9 Å². The first-order valence-electron chi connectivity index (χ1n) is 4.26. The fourth-order valence-corrected chi connectivity index (χ4v) is 1.14. The summed E-state index contributed by atoms with van der Waals surface area (Å²) in [7, 11) is 0. The van der Waals surface area contributed by atoms with Gasteiger partial charge in [-0.1, -0.05) is 0 Å². The molecule has 0 N–H and O–H groups in total. The highest BCUT2D eigenvalue weighted by atomic mass is 16.5. The van der Waals surface area contributed by atoms with Crippen molar-refractivity contribution < 1.29 is 9.53 Å². The van der Waals surface area contributed by atoms with Gasteiger partial charge in [0.1, 0.15) is 0 Å². The molecular formula is C10H13NO2. The molecule has 0 saturated carbocycles. The molecule has 1 aromatic rings. The number of hydrogen-bond acceptors (Lipinski definition) is 3. The molecule has 13 heavy (non-hydrogen) atoms. The maximum Gasteiger partial charge on any atom is 0.213 e. The number of aryl methyl sites for hydroxylation is 1. The van der Waals surface area contributed by atoms with Gasteiger partial charge in [-0.25, -0.2) is 4.98 Å². The summed E-state index contributed by atoms with van der Waals surface area (Å²) in [5, 5.41) is 0. The molecule has 0 radical (unpaired) electrons. The van der Waals surface area contributed by atoms with E-state index in [1.807, 2.05) is 6.92 Å². The Kier molecular flexibility index (Phi) is 3.01. The van der Waals surface area contributed by atoms with Gasteiger partial charge >= 0.3 is 0 Å². The van der Waals surface area contributed by atoms with Gasteiger partial charge in [0.25, 0.3) is 0 Å². The second kappa shape index (κ2) is 4.03. The number of ether oxygens (including phenoxy) is 1. The van der Waals surface area contributed by atoms with Gasteiger partial charge < -0.3 is 4.74 Å². The summed E-state index contributed by atoms with van der Waals surface area (Å²) in [6, 6.07) is 3.46. The van der Waals surface area contributed by atoms with E-state index in [9.17, 15) is 4.79 Å². The summed E-state index contributed by atoms with van der Waals surface area (Å²) in [6.07, 6.45) is 0. The van der Waals surface area contributed by atoms with Crippen LogP contribution in [-0.2, 0) is 0 Å². The van der Waals surface area contributed by atoms with Crippen LogP contribution in [-0.4, -0.2) is 17.4 Å². The number of Topliss-reactive ketones (excluding diaryl/α,β-unsaturated/α-hetero) is 1. The van der Waals surface area contributed by atoms with Gasteiger partial charge in [-0.3, -0.25) is 4.79 Å². The normalized spacial score (nSPS) is 9.77. The molecule has 0 spiro atoms. The monoisotopic (exact) mass is 179 g/mol. The predicted octanol–water partition coefficient (Wildman–Crippen LogP) is 1.99. The van der Waals surface area contributed by atoms with Crippen molar-refractivity contribution in [3.63, 3.8) is 0 Å². The third kappa shape index (κ3) is 2.28. The number of aromatic nitrogens is 1. The lowest BCUT2D eigenvalue weighted by Crippen LogP contribution is -2.01. The zero-order valence-electron chi connectivity index (χ0n) is 8.13. The van der Waals surface area contributed by atoms with Gasteiger partial charge in [0, 0.05) is 11.6 Å².